The Morgan fingerprint density at radius 2 is 1.91 bits per heavy atom. The van der Waals surface area contributed by atoms with E-state index in [2.05, 4.69) is 15.4 Å². The van der Waals surface area contributed by atoms with Crippen molar-refractivity contribution in [3.8, 4) is 0 Å². The number of amides is 2. The van der Waals surface area contributed by atoms with Gasteiger partial charge < -0.3 is 15.4 Å². The van der Waals surface area contributed by atoms with E-state index >= 15 is 0 Å². The lowest BCUT2D eigenvalue weighted by Crippen LogP contribution is -2.48. The first-order valence-electron chi connectivity index (χ1n) is 6.18. The molecule has 1 aromatic rings. The quantitative estimate of drug-likeness (QED) is 0.744. The van der Waals surface area contributed by atoms with E-state index in [4.69, 9.17) is 0 Å². The van der Waals surface area contributed by atoms with E-state index in [9.17, 15) is 27.2 Å². The van der Waals surface area contributed by atoms with Crippen LogP contribution >= 0.6 is 0 Å². The lowest BCUT2D eigenvalue weighted by Gasteiger charge is -2.17. The molecule has 0 aliphatic rings. The van der Waals surface area contributed by atoms with Crippen LogP contribution in [-0.2, 0) is 20.9 Å². The molecule has 0 saturated carbocycles. The minimum Gasteiger partial charge on any atom is -0.350 e. The Morgan fingerprint density at radius 3 is 2.45 bits per heavy atom. The zero-order valence-corrected chi connectivity index (χ0v) is 11.5. The molecule has 1 rings (SSSR count). The first-order valence-corrected chi connectivity index (χ1v) is 6.18. The molecule has 1 aromatic carbocycles. The Bertz CT molecular complexity index is 540. The average Bonchev–Trinajstić information content (AvgIpc) is 2.43. The first-order chi connectivity index (χ1) is 10.3. The van der Waals surface area contributed by atoms with Gasteiger partial charge in [-0.15, -0.1) is 0 Å². The van der Waals surface area contributed by atoms with Crippen molar-refractivity contribution in [2.45, 2.75) is 26.1 Å². The fourth-order valence-corrected chi connectivity index (χ4v) is 1.56. The highest BCUT2D eigenvalue weighted by Gasteiger charge is 2.21. The summed E-state index contributed by atoms with van der Waals surface area (Å²) in [6.45, 7) is -2.87. The van der Waals surface area contributed by atoms with Crippen LogP contribution in [0.1, 0.15) is 12.5 Å². The number of ether oxygens (including phenoxy) is 1. The Hall–Kier alpha value is -2.16. The van der Waals surface area contributed by atoms with Crippen LogP contribution < -0.4 is 10.6 Å². The van der Waals surface area contributed by atoms with Gasteiger partial charge in [-0.05, 0) is 17.7 Å². The van der Waals surface area contributed by atoms with Gasteiger partial charge in [0.05, 0.1) is 6.61 Å². The maximum absolute atomic E-state index is 13.0. The second kappa shape index (κ2) is 8.32. The Balaban J connectivity index is 2.61. The molecular weight excluding hydrogens is 308 g/mol. The third kappa shape index (κ3) is 6.08. The van der Waals surface area contributed by atoms with Gasteiger partial charge >= 0.3 is 6.61 Å². The summed E-state index contributed by atoms with van der Waals surface area (Å²) in [6, 6.07) is 1.71. The van der Waals surface area contributed by atoms with Crippen LogP contribution in [0.4, 0.5) is 17.6 Å². The predicted molar refractivity (Wildman–Crippen MR) is 67.8 cm³/mol. The van der Waals surface area contributed by atoms with E-state index in [1.54, 1.807) is 0 Å². The van der Waals surface area contributed by atoms with Crippen LogP contribution in [0.3, 0.4) is 0 Å². The van der Waals surface area contributed by atoms with Crippen LogP contribution in [0, 0.1) is 11.6 Å². The third-order valence-electron chi connectivity index (χ3n) is 2.53. The van der Waals surface area contributed by atoms with Gasteiger partial charge in [0.25, 0.3) is 0 Å². The van der Waals surface area contributed by atoms with Crippen molar-refractivity contribution >= 4 is 11.8 Å². The largest absolute Gasteiger partial charge is 0.350 e. The summed E-state index contributed by atoms with van der Waals surface area (Å²) in [7, 11) is 0. The number of hydrogen-bond acceptors (Lipinski definition) is 3. The molecule has 0 fully saturated rings. The first kappa shape index (κ1) is 17.9. The van der Waals surface area contributed by atoms with Crippen molar-refractivity contribution in [2.75, 3.05) is 6.61 Å². The monoisotopic (exact) mass is 322 g/mol. The summed E-state index contributed by atoms with van der Waals surface area (Å²) < 4.78 is 53.7. The molecule has 2 amide bonds. The highest BCUT2D eigenvalue weighted by molar-refractivity contribution is 5.86. The number of alkyl halides is 2. The third-order valence-corrected chi connectivity index (χ3v) is 2.53. The SMILES string of the molecule is CC(=O)N[C@H](COC(F)F)C(=O)NCc1ccc(F)c(F)c1. The Labute approximate surface area is 123 Å². The second-order valence-electron chi connectivity index (χ2n) is 4.31. The van der Waals surface area contributed by atoms with Crippen molar-refractivity contribution in [1.29, 1.82) is 0 Å². The molecule has 0 heterocycles. The molecule has 0 aliphatic heterocycles. The molecule has 122 valence electrons. The highest BCUT2D eigenvalue weighted by Crippen LogP contribution is 2.08. The second-order valence-corrected chi connectivity index (χ2v) is 4.31. The van der Waals surface area contributed by atoms with Crippen LogP contribution in [0.2, 0.25) is 0 Å². The zero-order chi connectivity index (χ0) is 16.7. The molecule has 2 N–H and O–H groups in total. The minimum atomic E-state index is -3.09. The van der Waals surface area contributed by atoms with Gasteiger partial charge in [0.2, 0.25) is 11.8 Å². The van der Waals surface area contributed by atoms with Gasteiger partial charge in [-0.2, -0.15) is 8.78 Å². The maximum Gasteiger partial charge on any atom is 0.345 e. The van der Waals surface area contributed by atoms with E-state index in [0.29, 0.717) is 0 Å². The normalized spacial score (nSPS) is 12.1. The number of halogens is 4. The van der Waals surface area contributed by atoms with Gasteiger partial charge in [-0.1, -0.05) is 6.07 Å². The number of hydrogen-bond donors (Lipinski definition) is 2. The van der Waals surface area contributed by atoms with Crippen molar-refractivity contribution < 1.29 is 31.9 Å². The molecule has 0 spiro atoms. The molecule has 5 nitrogen and oxygen atoms in total. The van der Waals surface area contributed by atoms with E-state index in [1.807, 2.05) is 0 Å². The lowest BCUT2D eigenvalue weighted by atomic mass is 10.2. The molecule has 0 aromatic heterocycles. The molecule has 0 bridgehead atoms. The van der Waals surface area contributed by atoms with Gasteiger partial charge in [0, 0.05) is 13.5 Å². The fraction of sp³-hybridized carbons (Fsp3) is 0.385. The summed E-state index contributed by atoms with van der Waals surface area (Å²) in [6.07, 6.45) is 0. The number of nitrogens with one attached hydrogen (secondary N) is 2. The van der Waals surface area contributed by atoms with Gasteiger partial charge in [0.15, 0.2) is 11.6 Å². The van der Waals surface area contributed by atoms with Crippen molar-refractivity contribution in [3.05, 3.63) is 35.4 Å². The fourth-order valence-electron chi connectivity index (χ4n) is 1.56. The molecule has 1 atom stereocenters. The van der Waals surface area contributed by atoms with E-state index in [0.717, 1.165) is 19.1 Å². The summed E-state index contributed by atoms with van der Waals surface area (Å²) in [5.74, 6) is -3.51. The number of carbonyl (C=O) groups is 2. The van der Waals surface area contributed by atoms with Crippen LogP contribution in [-0.4, -0.2) is 31.1 Å². The Morgan fingerprint density at radius 1 is 1.23 bits per heavy atom. The zero-order valence-electron chi connectivity index (χ0n) is 11.5. The molecule has 9 heteroatoms. The number of benzene rings is 1. The van der Waals surface area contributed by atoms with Crippen LogP contribution in [0.15, 0.2) is 18.2 Å². The topological polar surface area (TPSA) is 67.4 Å². The van der Waals surface area contributed by atoms with E-state index < -0.39 is 42.7 Å². The van der Waals surface area contributed by atoms with Crippen molar-refractivity contribution in [1.82, 2.24) is 10.6 Å². The van der Waals surface area contributed by atoms with Gasteiger partial charge in [-0.25, -0.2) is 8.78 Å². The summed E-state index contributed by atoms with van der Waals surface area (Å²) >= 11 is 0. The molecule has 0 saturated heterocycles. The average molecular weight is 322 g/mol. The molecular formula is C13H14F4N2O3. The molecule has 0 aliphatic carbocycles. The lowest BCUT2D eigenvalue weighted by molar-refractivity contribution is -0.146. The summed E-state index contributed by atoms with van der Waals surface area (Å²) in [5.41, 5.74) is 0.267. The summed E-state index contributed by atoms with van der Waals surface area (Å²) in [4.78, 5) is 22.7. The number of rotatable bonds is 7. The standard InChI is InChI=1S/C13H14F4N2O3/c1-7(20)19-11(6-22-13(16)17)12(21)18-5-8-2-3-9(14)10(15)4-8/h2-4,11,13H,5-6H2,1H3,(H,18,21)(H,19,20)/t11-/m1/s1. The highest BCUT2D eigenvalue weighted by atomic mass is 19.3. The molecule has 0 unspecified atom stereocenters. The van der Waals surface area contributed by atoms with Gasteiger partial charge in [0.1, 0.15) is 6.04 Å². The smallest absolute Gasteiger partial charge is 0.345 e. The molecule has 22 heavy (non-hydrogen) atoms. The van der Waals surface area contributed by atoms with Crippen molar-refractivity contribution in [2.24, 2.45) is 0 Å². The Kier molecular flexibility index (Phi) is 6.77. The van der Waals surface area contributed by atoms with Crippen LogP contribution in [0.5, 0.6) is 0 Å². The van der Waals surface area contributed by atoms with E-state index in [1.165, 1.54) is 6.07 Å². The number of carbonyl (C=O) groups excluding carboxylic acids is 2. The minimum absolute atomic E-state index is 0.166. The predicted octanol–water partition coefficient (Wildman–Crippen LogP) is 1.32. The van der Waals surface area contributed by atoms with Crippen molar-refractivity contribution in [3.63, 3.8) is 0 Å². The maximum atomic E-state index is 13.0. The van der Waals surface area contributed by atoms with Crippen LogP contribution in [0.25, 0.3) is 0 Å². The van der Waals surface area contributed by atoms with Gasteiger partial charge in [-0.3, -0.25) is 9.59 Å². The van der Waals surface area contributed by atoms with E-state index in [-0.39, 0.29) is 12.1 Å². The molecule has 0 radical (unpaired) electrons. The summed E-state index contributed by atoms with van der Waals surface area (Å²) in [5, 5.41) is 4.46.